The highest BCUT2D eigenvalue weighted by Crippen LogP contribution is 2.31. The molecule has 4 rings (SSSR count). The number of ether oxygens (including phenoxy) is 1. The fourth-order valence-corrected chi connectivity index (χ4v) is 4.39. The summed E-state index contributed by atoms with van der Waals surface area (Å²) in [6, 6.07) is 15.6. The van der Waals surface area contributed by atoms with Crippen LogP contribution in [-0.2, 0) is 16.6 Å². The molecule has 34 heavy (non-hydrogen) atoms. The van der Waals surface area contributed by atoms with E-state index in [-0.39, 0.29) is 39.1 Å². The topological polar surface area (TPSA) is 90.3 Å². The Morgan fingerprint density at radius 1 is 1.09 bits per heavy atom. The van der Waals surface area contributed by atoms with Gasteiger partial charge in [0.05, 0.1) is 5.52 Å². The number of alkyl halides is 1. The fourth-order valence-electron chi connectivity index (χ4n) is 3.07. The average molecular weight is 526 g/mol. The maximum absolute atomic E-state index is 15.1. The molecule has 0 bridgehead atoms. The summed E-state index contributed by atoms with van der Waals surface area (Å²) in [5, 5.41) is 4.06. The third-order valence-corrected chi connectivity index (χ3v) is 6.42. The van der Waals surface area contributed by atoms with Crippen LogP contribution in [0.25, 0.3) is 10.9 Å². The molecule has 7 nitrogen and oxygen atoms in total. The van der Waals surface area contributed by atoms with E-state index in [1.165, 1.54) is 54.6 Å². The van der Waals surface area contributed by atoms with Gasteiger partial charge in [0.15, 0.2) is 5.15 Å². The number of carbonyl (C=O) groups excluding carboxylic acids is 1. The number of aromatic nitrogens is 2. The lowest BCUT2D eigenvalue weighted by Gasteiger charge is -2.13. The molecule has 12 heteroatoms. The number of benzene rings is 3. The van der Waals surface area contributed by atoms with Crippen LogP contribution >= 0.6 is 23.2 Å². The Morgan fingerprint density at radius 3 is 2.53 bits per heavy atom. The summed E-state index contributed by atoms with van der Waals surface area (Å²) in [6.45, 7) is 0.132. The van der Waals surface area contributed by atoms with Crippen LogP contribution in [0, 0.1) is 5.82 Å². The summed E-state index contributed by atoms with van der Waals surface area (Å²) in [7, 11) is -4.84. The van der Waals surface area contributed by atoms with E-state index in [0.29, 0.717) is 16.0 Å². The Labute approximate surface area is 202 Å². The summed E-state index contributed by atoms with van der Waals surface area (Å²) >= 11 is 11.9. The number of nitrogens with zero attached hydrogens (tertiary/aromatic N) is 2. The molecule has 1 amide bonds. The molecule has 1 N–H and O–H groups in total. The number of hydrogen-bond donors (Lipinski definition) is 1. The molecule has 0 saturated carbocycles. The van der Waals surface area contributed by atoms with Gasteiger partial charge in [-0.3, -0.25) is 4.79 Å². The van der Waals surface area contributed by atoms with Gasteiger partial charge in [-0.2, -0.15) is 5.10 Å². The molecule has 176 valence electrons. The van der Waals surface area contributed by atoms with Gasteiger partial charge < -0.3 is 4.74 Å². The maximum atomic E-state index is 15.1. The maximum Gasteiger partial charge on any atom is 0.311 e. The predicted molar refractivity (Wildman–Crippen MR) is 123 cm³/mol. The van der Waals surface area contributed by atoms with Gasteiger partial charge in [-0.05, 0) is 54.1 Å². The third kappa shape index (κ3) is 5.14. The Bertz CT molecular complexity index is 1480. The van der Waals surface area contributed by atoms with E-state index >= 15 is 4.39 Å². The largest absolute Gasteiger partial charge is 0.489 e. The zero-order chi connectivity index (χ0) is 24.5. The van der Waals surface area contributed by atoms with E-state index < -0.39 is 21.6 Å². The number of halogens is 4. The number of amides is 1. The number of rotatable bonds is 7. The second kappa shape index (κ2) is 9.57. The first-order valence-electron chi connectivity index (χ1n) is 9.64. The molecular weight excluding hydrogens is 511 g/mol. The lowest BCUT2D eigenvalue weighted by Crippen LogP contribution is -2.35. The van der Waals surface area contributed by atoms with Crippen LogP contribution in [0.15, 0.2) is 66.7 Å². The molecule has 1 unspecified atom stereocenters. The van der Waals surface area contributed by atoms with E-state index in [1.807, 2.05) is 0 Å². The van der Waals surface area contributed by atoms with E-state index in [0.717, 1.165) is 0 Å². The molecule has 1 aromatic heterocycles. The minimum Gasteiger partial charge on any atom is -0.489 e. The summed E-state index contributed by atoms with van der Waals surface area (Å²) in [4.78, 5) is 12.3. The summed E-state index contributed by atoms with van der Waals surface area (Å²) < 4.78 is 61.0. The molecule has 0 saturated heterocycles. The standard InChI is InChI=1S/C22H15Cl2F2N3O4S/c23-15-3-1-2-14(10-15)21(30)28-34(31,32)22(26)29-19-9-8-17(11-18(19)20(24)27-29)33-12-13-4-6-16(25)7-5-13/h1-11,22H,12H2,(H,28,30). The highest BCUT2D eigenvalue weighted by molar-refractivity contribution is 7.89. The predicted octanol–water partition coefficient (Wildman–Crippen LogP) is 5.25. The van der Waals surface area contributed by atoms with E-state index in [4.69, 9.17) is 27.9 Å². The fraction of sp³-hybridized carbons (Fsp3) is 0.0909. The Hall–Kier alpha value is -3.21. The number of sulfonamides is 1. The molecule has 0 aliphatic heterocycles. The van der Waals surface area contributed by atoms with Crippen molar-refractivity contribution in [3.8, 4) is 5.75 Å². The van der Waals surface area contributed by atoms with Crippen molar-refractivity contribution in [1.29, 1.82) is 0 Å². The van der Waals surface area contributed by atoms with Gasteiger partial charge >= 0.3 is 5.63 Å². The van der Waals surface area contributed by atoms with Crippen LogP contribution in [0.5, 0.6) is 5.75 Å². The van der Waals surface area contributed by atoms with Crippen molar-refractivity contribution >= 4 is 50.0 Å². The first kappa shape index (κ1) is 23.9. The van der Waals surface area contributed by atoms with Crippen LogP contribution in [0.1, 0.15) is 21.5 Å². The van der Waals surface area contributed by atoms with Crippen molar-refractivity contribution in [3.63, 3.8) is 0 Å². The number of fused-ring (bicyclic) bond motifs is 1. The highest BCUT2D eigenvalue weighted by Gasteiger charge is 2.32. The molecule has 0 fully saturated rings. The van der Waals surface area contributed by atoms with Crippen LogP contribution in [0.4, 0.5) is 8.78 Å². The lowest BCUT2D eigenvalue weighted by molar-refractivity contribution is 0.0979. The average Bonchev–Trinajstić information content (AvgIpc) is 3.13. The molecule has 1 atom stereocenters. The van der Waals surface area contributed by atoms with Gasteiger partial charge in [0.1, 0.15) is 18.2 Å². The highest BCUT2D eigenvalue weighted by atomic mass is 35.5. The first-order chi connectivity index (χ1) is 16.1. The number of carbonyl (C=O) groups is 1. The zero-order valence-corrected chi connectivity index (χ0v) is 19.4. The molecule has 1 heterocycles. The van der Waals surface area contributed by atoms with Gasteiger partial charge in [0.25, 0.3) is 15.9 Å². The van der Waals surface area contributed by atoms with Crippen molar-refractivity contribution in [1.82, 2.24) is 14.5 Å². The molecule has 0 aliphatic rings. The van der Waals surface area contributed by atoms with Gasteiger partial charge in [-0.25, -0.2) is 26.6 Å². The number of nitrogens with one attached hydrogen (secondary N) is 1. The Morgan fingerprint density at radius 2 is 1.82 bits per heavy atom. The van der Waals surface area contributed by atoms with Gasteiger partial charge in [-0.15, -0.1) is 0 Å². The van der Waals surface area contributed by atoms with Crippen LogP contribution in [0.2, 0.25) is 10.2 Å². The van der Waals surface area contributed by atoms with Crippen LogP contribution in [-0.4, -0.2) is 24.1 Å². The van der Waals surface area contributed by atoms with Crippen LogP contribution in [0.3, 0.4) is 0 Å². The van der Waals surface area contributed by atoms with Crippen molar-refractivity contribution < 1.29 is 26.7 Å². The molecular formula is C22H15Cl2F2N3O4S. The van der Waals surface area contributed by atoms with E-state index in [2.05, 4.69) is 5.10 Å². The van der Waals surface area contributed by atoms with Crippen LogP contribution < -0.4 is 9.46 Å². The second-order valence-corrected chi connectivity index (χ2v) is 9.59. The van der Waals surface area contributed by atoms with Crippen molar-refractivity contribution in [2.45, 2.75) is 12.2 Å². The minimum absolute atomic E-state index is 0.0606. The van der Waals surface area contributed by atoms with Crippen molar-refractivity contribution in [2.75, 3.05) is 0 Å². The third-order valence-electron chi connectivity index (χ3n) is 4.72. The summed E-state index contributed by atoms with van der Waals surface area (Å²) in [5.74, 6) is -1.07. The second-order valence-electron chi connectivity index (χ2n) is 7.11. The quantitative estimate of drug-likeness (QED) is 0.356. The van der Waals surface area contributed by atoms with Gasteiger partial charge in [0.2, 0.25) is 0 Å². The SMILES string of the molecule is O=C(NS(=O)(=O)C(F)n1nc(Cl)c2cc(OCc3ccc(F)cc3)ccc21)c1cccc(Cl)c1. The Kier molecular flexibility index (Phi) is 6.74. The molecule has 0 spiro atoms. The van der Waals surface area contributed by atoms with Gasteiger partial charge in [-0.1, -0.05) is 41.4 Å². The van der Waals surface area contributed by atoms with Crippen molar-refractivity contribution in [3.05, 3.63) is 93.8 Å². The molecule has 0 radical (unpaired) electrons. The normalized spacial score (nSPS) is 12.5. The monoisotopic (exact) mass is 525 g/mol. The summed E-state index contributed by atoms with van der Waals surface area (Å²) in [5.41, 5.74) is -2.04. The van der Waals surface area contributed by atoms with E-state index in [9.17, 15) is 17.6 Å². The molecule has 0 aliphatic carbocycles. The molecule has 3 aromatic carbocycles. The molecule has 4 aromatic rings. The van der Waals surface area contributed by atoms with E-state index in [1.54, 1.807) is 16.9 Å². The van der Waals surface area contributed by atoms with Gasteiger partial charge in [0, 0.05) is 16.0 Å². The lowest BCUT2D eigenvalue weighted by atomic mass is 10.2. The first-order valence-corrected chi connectivity index (χ1v) is 11.9. The smallest absolute Gasteiger partial charge is 0.311 e. The summed E-state index contributed by atoms with van der Waals surface area (Å²) in [6.07, 6.45) is 0. The number of hydrogen-bond acceptors (Lipinski definition) is 5. The Balaban J connectivity index is 1.55. The zero-order valence-electron chi connectivity index (χ0n) is 17.1. The minimum atomic E-state index is -4.84. The van der Waals surface area contributed by atoms with Crippen molar-refractivity contribution in [2.24, 2.45) is 0 Å².